The molecule has 0 saturated heterocycles. The molecule has 0 aliphatic heterocycles. The molecule has 1 heterocycles. The molecule has 5 aromatic rings. The Hall–Kier alpha value is -6.01. The lowest BCUT2D eigenvalue weighted by atomic mass is 10.1. The van der Waals surface area contributed by atoms with Gasteiger partial charge in [0.05, 0.1) is 55.9 Å². The van der Waals surface area contributed by atoms with Crippen molar-refractivity contribution in [3.05, 3.63) is 93.6 Å². The summed E-state index contributed by atoms with van der Waals surface area (Å²) in [6, 6.07) is 18.9. The molecular weight excluding hydrogens is 718 g/mol. The van der Waals surface area contributed by atoms with Gasteiger partial charge in [-0.3, -0.25) is 9.59 Å². The zero-order valence-corrected chi connectivity index (χ0v) is 31.7. The predicted molar refractivity (Wildman–Crippen MR) is 208 cm³/mol. The van der Waals surface area contributed by atoms with E-state index in [-0.39, 0.29) is 40.7 Å². The summed E-state index contributed by atoms with van der Waals surface area (Å²) in [6.07, 6.45) is 5.19. The lowest BCUT2D eigenvalue weighted by Crippen LogP contribution is -2.12. The summed E-state index contributed by atoms with van der Waals surface area (Å²) in [5.41, 5.74) is 1.73. The van der Waals surface area contributed by atoms with Crippen LogP contribution in [0, 0.1) is 0 Å². The summed E-state index contributed by atoms with van der Waals surface area (Å²) in [4.78, 5) is 26.4. The van der Waals surface area contributed by atoms with E-state index >= 15 is 0 Å². The van der Waals surface area contributed by atoms with Crippen LogP contribution in [-0.2, 0) is 4.79 Å². The van der Waals surface area contributed by atoms with Crippen molar-refractivity contribution >= 4 is 40.2 Å². The van der Waals surface area contributed by atoms with Gasteiger partial charge < -0.3 is 47.6 Å². The average molecular weight is 760 g/mol. The molecule has 12 nitrogen and oxygen atoms in total. The third kappa shape index (κ3) is 9.31. The smallest absolute Gasteiger partial charge is 0.248 e. The molecule has 1 N–H and O–H groups in total. The van der Waals surface area contributed by atoms with Gasteiger partial charge in [-0.1, -0.05) is 17.7 Å². The highest BCUT2D eigenvalue weighted by atomic mass is 35.5. The number of methoxy groups -OCH3 is 6. The van der Waals surface area contributed by atoms with E-state index in [1.54, 1.807) is 73.8 Å². The monoisotopic (exact) mass is 759 g/mol. The number of unbranched alkanes of at least 4 members (excludes halogenated alkanes) is 2. The molecule has 0 spiro atoms. The second kappa shape index (κ2) is 18.7. The van der Waals surface area contributed by atoms with E-state index in [9.17, 15) is 9.59 Å². The summed E-state index contributed by atoms with van der Waals surface area (Å²) in [5.74, 6) is 2.91. The summed E-state index contributed by atoms with van der Waals surface area (Å²) in [6.45, 7) is 0.644. The van der Waals surface area contributed by atoms with E-state index in [0.29, 0.717) is 70.2 Å². The summed E-state index contributed by atoms with van der Waals surface area (Å²) < 4.78 is 51.6. The molecule has 54 heavy (non-hydrogen) atoms. The van der Waals surface area contributed by atoms with Gasteiger partial charge in [0.15, 0.2) is 28.8 Å². The van der Waals surface area contributed by atoms with Crippen LogP contribution in [0.2, 0.25) is 5.02 Å². The number of hydrogen-bond acceptors (Lipinski definition) is 11. The number of carbonyl (C=O) groups excluding carboxylic acids is 1. The molecule has 0 saturated carbocycles. The van der Waals surface area contributed by atoms with Crippen LogP contribution in [-0.4, -0.2) is 61.8 Å². The number of halogens is 1. The third-order valence-corrected chi connectivity index (χ3v) is 8.54. The number of rotatable bonds is 18. The number of nitrogens with one attached hydrogen (secondary N) is 1. The van der Waals surface area contributed by atoms with Crippen molar-refractivity contribution in [1.29, 1.82) is 0 Å². The van der Waals surface area contributed by atoms with E-state index < -0.39 is 5.43 Å². The molecule has 0 bridgehead atoms. The highest BCUT2D eigenvalue weighted by molar-refractivity contribution is 6.30. The number of amides is 1. The zero-order chi connectivity index (χ0) is 38.6. The van der Waals surface area contributed by atoms with E-state index in [0.717, 1.165) is 12.0 Å². The highest BCUT2D eigenvalue weighted by Gasteiger charge is 2.24. The van der Waals surface area contributed by atoms with Crippen molar-refractivity contribution in [3.8, 4) is 57.3 Å². The highest BCUT2D eigenvalue weighted by Crippen LogP contribution is 2.44. The average Bonchev–Trinajstić information content (AvgIpc) is 3.20. The molecule has 284 valence electrons. The molecule has 13 heteroatoms. The first-order valence-corrected chi connectivity index (χ1v) is 17.3. The Kier molecular flexibility index (Phi) is 13.5. The molecule has 0 unspecified atom stereocenters. The molecule has 0 aliphatic carbocycles. The minimum Gasteiger partial charge on any atom is -0.496 e. The Labute approximate surface area is 318 Å². The Morgan fingerprint density at radius 1 is 0.685 bits per heavy atom. The molecule has 0 atom stereocenters. The first kappa shape index (κ1) is 39.2. The molecule has 1 aromatic heterocycles. The Bertz CT molecular complexity index is 2140. The maximum absolute atomic E-state index is 14.0. The number of anilines is 1. The minimum atomic E-state index is -0.407. The van der Waals surface area contributed by atoms with Crippen molar-refractivity contribution in [2.45, 2.75) is 19.3 Å². The number of ether oxygens (including phenoxy) is 8. The second-order valence-electron chi connectivity index (χ2n) is 11.7. The molecule has 1 amide bonds. The van der Waals surface area contributed by atoms with Gasteiger partial charge >= 0.3 is 0 Å². The Morgan fingerprint density at radius 3 is 1.98 bits per heavy atom. The van der Waals surface area contributed by atoms with Gasteiger partial charge in [0.2, 0.25) is 22.8 Å². The molecule has 0 fully saturated rings. The fourth-order valence-corrected chi connectivity index (χ4v) is 5.71. The van der Waals surface area contributed by atoms with Crippen LogP contribution in [0.5, 0.6) is 46.0 Å². The predicted octanol–water partition coefficient (Wildman–Crippen LogP) is 8.45. The maximum atomic E-state index is 14.0. The maximum Gasteiger partial charge on any atom is 0.248 e. The Morgan fingerprint density at radius 2 is 1.35 bits per heavy atom. The van der Waals surface area contributed by atoms with E-state index in [1.807, 2.05) is 6.07 Å². The molecule has 4 aromatic carbocycles. The van der Waals surface area contributed by atoms with Crippen molar-refractivity contribution < 1.29 is 47.1 Å². The number of hydrogen-bond donors (Lipinski definition) is 1. The van der Waals surface area contributed by atoms with Gasteiger partial charge in [0.25, 0.3) is 0 Å². The van der Waals surface area contributed by atoms with Gasteiger partial charge in [0.1, 0.15) is 22.5 Å². The van der Waals surface area contributed by atoms with Gasteiger partial charge in [-0.25, -0.2) is 0 Å². The van der Waals surface area contributed by atoms with E-state index in [2.05, 4.69) is 5.32 Å². The first-order chi connectivity index (χ1) is 26.2. The van der Waals surface area contributed by atoms with Crippen LogP contribution in [0.4, 0.5) is 5.69 Å². The van der Waals surface area contributed by atoms with Crippen molar-refractivity contribution in [3.63, 3.8) is 0 Å². The first-order valence-electron chi connectivity index (χ1n) is 16.9. The van der Waals surface area contributed by atoms with Crippen molar-refractivity contribution in [2.24, 2.45) is 0 Å². The molecular formula is C41H42ClNO11. The van der Waals surface area contributed by atoms with E-state index in [4.69, 9.17) is 53.9 Å². The molecule has 0 aliphatic rings. The third-order valence-electron chi connectivity index (χ3n) is 8.29. The standard InChI is InChI=1S/C41H42ClNO11/c1-46-29-23-32(48-3)37-33(24-29)54-39(26-21-34(49-4)40(51-6)35(22-26)50-5)41(38(37)45)53-19-9-7-8-18-52-30-16-10-25(20-31(30)47-2)11-17-36(44)43-28-14-12-27(42)13-15-28/h10-17,20-24H,7-9,18-19H2,1-6H3,(H,43,44)/b17-11+. The second-order valence-corrected chi connectivity index (χ2v) is 12.1. The van der Waals surface area contributed by atoms with Gasteiger partial charge in [0, 0.05) is 34.5 Å². The van der Waals surface area contributed by atoms with Crippen LogP contribution in [0.25, 0.3) is 28.4 Å². The van der Waals surface area contributed by atoms with Crippen molar-refractivity contribution in [2.75, 3.05) is 61.2 Å². The van der Waals surface area contributed by atoms with Crippen LogP contribution < -0.4 is 48.6 Å². The van der Waals surface area contributed by atoms with Gasteiger partial charge in [-0.2, -0.15) is 0 Å². The zero-order valence-electron chi connectivity index (χ0n) is 30.9. The van der Waals surface area contributed by atoms with Gasteiger partial charge in [-0.15, -0.1) is 0 Å². The Balaban J connectivity index is 1.24. The topological polar surface area (TPSA) is 133 Å². The summed E-state index contributed by atoms with van der Waals surface area (Å²) in [7, 11) is 9.06. The van der Waals surface area contributed by atoms with Crippen LogP contribution in [0.15, 0.2) is 82.0 Å². The summed E-state index contributed by atoms with van der Waals surface area (Å²) >= 11 is 5.91. The van der Waals surface area contributed by atoms with Crippen molar-refractivity contribution in [1.82, 2.24) is 0 Å². The minimum absolute atomic E-state index is 0.0119. The van der Waals surface area contributed by atoms with E-state index in [1.165, 1.54) is 41.6 Å². The fourth-order valence-electron chi connectivity index (χ4n) is 5.59. The van der Waals surface area contributed by atoms with Gasteiger partial charge in [-0.05, 0) is 79.4 Å². The fraction of sp³-hybridized carbons (Fsp3) is 0.268. The number of carbonyl (C=O) groups is 1. The molecule has 5 rings (SSSR count). The largest absolute Gasteiger partial charge is 0.496 e. The quantitative estimate of drug-likeness (QED) is 0.0682. The van der Waals surface area contributed by atoms with Crippen LogP contribution >= 0.6 is 11.6 Å². The normalized spacial score (nSPS) is 10.9. The van der Waals surface area contributed by atoms with Crippen LogP contribution in [0.1, 0.15) is 24.8 Å². The molecule has 0 radical (unpaired) electrons. The SMILES string of the molecule is COc1cc(OC)c2c(=O)c(OCCCCCOc3ccc(/C=C/C(=O)Nc4ccc(Cl)cc4)cc3OC)c(-c3cc(OC)c(OC)c(OC)c3)oc2c1. The number of benzene rings is 4. The number of fused-ring (bicyclic) bond motifs is 1. The lowest BCUT2D eigenvalue weighted by Gasteiger charge is -2.17. The lowest BCUT2D eigenvalue weighted by molar-refractivity contribution is -0.111. The summed E-state index contributed by atoms with van der Waals surface area (Å²) in [5, 5.41) is 3.59. The van der Waals surface area contributed by atoms with Crippen LogP contribution in [0.3, 0.4) is 0 Å².